The van der Waals surface area contributed by atoms with E-state index in [4.69, 9.17) is 0 Å². The van der Waals surface area contributed by atoms with Crippen LogP contribution in [0.4, 0.5) is 0 Å². The molecule has 6 heteroatoms. The van der Waals surface area contributed by atoms with Crippen LogP contribution in [0, 0.1) is 0 Å². The van der Waals surface area contributed by atoms with E-state index in [0.29, 0.717) is 11.5 Å². The Morgan fingerprint density at radius 2 is 1.95 bits per heavy atom. The van der Waals surface area contributed by atoms with Gasteiger partial charge in [-0.05, 0) is 12.2 Å². The molecule has 0 saturated carbocycles. The van der Waals surface area contributed by atoms with Crippen LogP contribution in [-0.2, 0) is 0 Å². The fraction of sp³-hybridized carbons (Fsp3) is 0. The molecule has 0 bridgehead atoms. The van der Waals surface area contributed by atoms with E-state index in [2.05, 4.69) is 15.0 Å². The minimum Gasteiger partial charge on any atom is -0.478 e. The molecule has 2 aromatic heterocycles. The summed E-state index contributed by atoms with van der Waals surface area (Å²) in [7, 11) is 0. The van der Waals surface area contributed by atoms with Crippen molar-refractivity contribution < 1.29 is 9.90 Å². The van der Waals surface area contributed by atoms with Gasteiger partial charge in [-0.2, -0.15) is 0 Å². The first kappa shape index (κ1) is 14.1. The Kier molecular flexibility index (Phi) is 4.02. The molecule has 0 radical (unpaired) electrons. The fourth-order valence-corrected chi connectivity index (χ4v) is 2.39. The van der Waals surface area contributed by atoms with Crippen LogP contribution in [0.25, 0.3) is 23.5 Å². The number of nitrogens with zero attached hydrogens (tertiary/aromatic N) is 3. The van der Waals surface area contributed by atoms with Crippen molar-refractivity contribution in [1.82, 2.24) is 15.0 Å². The summed E-state index contributed by atoms with van der Waals surface area (Å²) in [5.74, 6) is -0.557. The van der Waals surface area contributed by atoms with Crippen molar-refractivity contribution >= 4 is 29.5 Å². The average Bonchev–Trinajstić information content (AvgIpc) is 3.07. The number of carboxylic acids is 1. The van der Waals surface area contributed by atoms with Gasteiger partial charge in [0, 0.05) is 22.8 Å². The van der Waals surface area contributed by atoms with Gasteiger partial charge in [-0.3, -0.25) is 4.98 Å². The molecule has 0 atom stereocenters. The standard InChI is InChI=1S/C16H11N3O2S/c20-16(21)13-9-18-15(11-4-2-1-3-5-11)19-14(13)7-6-12-8-17-10-22-12/h1-10H,(H,20,21). The van der Waals surface area contributed by atoms with E-state index in [9.17, 15) is 9.90 Å². The van der Waals surface area contributed by atoms with Gasteiger partial charge in [0.2, 0.25) is 0 Å². The van der Waals surface area contributed by atoms with Gasteiger partial charge in [-0.25, -0.2) is 14.8 Å². The third-order valence-corrected chi connectivity index (χ3v) is 3.68. The summed E-state index contributed by atoms with van der Waals surface area (Å²) in [5, 5.41) is 9.26. The van der Waals surface area contributed by atoms with Crippen LogP contribution < -0.4 is 0 Å². The maximum absolute atomic E-state index is 11.3. The largest absolute Gasteiger partial charge is 0.478 e. The van der Waals surface area contributed by atoms with Gasteiger partial charge in [0.1, 0.15) is 5.56 Å². The first-order valence-electron chi connectivity index (χ1n) is 6.46. The van der Waals surface area contributed by atoms with Crippen LogP contribution in [0.15, 0.2) is 48.2 Å². The topological polar surface area (TPSA) is 76.0 Å². The fourth-order valence-electron chi connectivity index (χ4n) is 1.88. The second kappa shape index (κ2) is 6.28. The van der Waals surface area contributed by atoms with Crippen LogP contribution in [0.3, 0.4) is 0 Å². The third-order valence-electron chi connectivity index (χ3n) is 2.94. The highest BCUT2D eigenvalue weighted by Gasteiger charge is 2.12. The normalized spacial score (nSPS) is 10.9. The molecular weight excluding hydrogens is 298 g/mol. The zero-order chi connectivity index (χ0) is 15.4. The third kappa shape index (κ3) is 3.07. The lowest BCUT2D eigenvalue weighted by Crippen LogP contribution is -2.04. The molecule has 3 rings (SSSR count). The number of benzene rings is 1. The molecule has 0 unspecified atom stereocenters. The van der Waals surface area contributed by atoms with Crippen LogP contribution in [0.2, 0.25) is 0 Å². The highest BCUT2D eigenvalue weighted by Crippen LogP contribution is 2.18. The maximum atomic E-state index is 11.3. The lowest BCUT2D eigenvalue weighted by atomic mass is 10.1. The smallest absolute Gasteiger partial charge is 0.339 e. The zero-order valence-corrected chi connectivity index (χ0v) is 12.2. The predicted molar refractivity (Wildman–Crippen MR) is 85.5 cm³/mol. The van der Waals surface area contributed by atoms with E-state index in [1.807, 2.05) is 30.3 Å². The molecule has 0 aliphatic carbocycles. The molecule has 22 heavy (non-hydrogen) atoms. The summed E-state index contributed by atoms with van der Waals surface area (Å²) in [6, 6.07) is 9.44. The number of carbonyl (C=O) groups is 1. The first-order chi connectivity index (χ1) is 10.7. The van der Waals surface area contributed by atoms with E-state index in [-0.39, 0.29) is 5.56 Å². The molecule has 1 N–H and O–H groups in total. The summed E-state index contributed by atoms with van der Waals surface area (Å²) in [6.07, 6.45) is 6.51. The Labute approximate surface area is 130 Å². The number of hydrogen-bond acceptors (Lipinski definition) is 5. The molecule has 3 aromatic rings. The molecule has 0 amide bonds. The van der Waals surface area contributed by atoms with E-state index < -0.39 is 5.97 Å². The average molecular weight is 309 g/mol. The molecule has 108 valence electrons. The van der Waals surface area contributed by atoms with Crippen molar-refractivity contribution in [1.29, 1.82) is 0 Å². The van der Waals surface area contributed by atoms with Gasteiger partial charge in [-0.15, -0.1) is 11.3 Å². The molecule has 1 aromatic carbocycles. The number of carboxylic acid groups (broad SMARTS) is 1. The van der Waals surface area contributed by atoms with Gasteiger partial charge in [0.25, 0.3) is 0 Å². The Hall–Kier alpha value is -2.86. The Morgan fingerprint density at radius 3 is 2.64 bits per heavy atom. The lowest BCUT2D eigenvalue weighted by molar-refractivity contribution is 0.0695. The van der Waals surface area contributed by atoms with Crippen molar-refractivity contribution in [3.05, 3.63) is 64.4 Å². The summed E-state index contributed by atoms with van der Waals surface area (Å²) in [5.41, 5.74) is 3.00. The molecular formula is C16H11N3O2S. The SMILES string of the molecule is O=C(O)c1cnc(-c2ccccc2)nc1C=Cc1cncs1. The molecule has 2 heterocycles. The summed E-state index contributed by atoms with van der Waals surface area (Å²) in [4.78, 5) is 24.7. The molecule has 0 aliphatic heterocycles. The Morgan fingerprint density at radius 1 is 1.14 bits per heavy atom. The van der Waals surface area contributed by atoms with Crippen LogP contribution in [-0.4, -0.2) is 26.0 Å². The van der Waals surface area contributed by atoms with Crippen LogP contribution >= 0.6 is 11.3 Å². The van der Waals surface area contributed by atoms with Gasteiger partial charge in [0.05, 0.1) is 11.2 Å². The minimum absolute atomic E-state index is 0.0699. The second-order valence-corrected chi connectivity index (χ2v) is 5.32. The van der Waals surface area contributed by atoms with E-state index >= 15 is 0 Å². The van der Waals surface area contributed by atoms with Crippen LogP contribution in [0.5, 0.6) is 0 Å². The number of hydrogen-bond donors (Lipinski definition) is 1. The van der Waals surface area contributed by atoms with Crippen molar-refractivity contribution in [2.24, 2.45) is 0 Å². The minimum atomic E-state index is -1.05. The summed E-state index contributed by atoms with van der Waals surface area (Å²) < 4.78 is 0. The van der Waals surface area contributed by atoms with Crippen molar-refractivity contribution in [3.8, 4) is 11.4 Å². The highest BCUT2D eigenvalue weighted by molar-refractivity contribution is 7.10. The van der Waals surface area contributed by atoms with Gasteiger partial charge in [-0.1, -0.05) is 30.3 Å². The summed E-state index contributed by atoms with van der Waals surface area (Å²) >= 11 is 1.47. The second-order valence-electron chi connectivity index (χ2n) is 4.40. The molecule has 5 nitrogen and oxygen atoms in total. The van der Waals surface area contributed by atoms with Crippen LogP contribution in [0.1, 0.15) is 20.9 Å². The molecule has 0 aliphatic rings. The first-order valence-corrected chi connectivity index (χ1v) is 7.34. The van der Waals surface area contributed by atoms with Gasteiger partial charge >= 0.3 is 5.97 Å². The van der Waals surface area contributed by atoms with Crippen molar-refractivity contribution in [2.45, 2.75) is 0 Å². The van der Waals surface area contributed by atoms with Crippen molar-refractivity contribution in [2.75, 3.05) is 0 Å². The van der Waals surface area contributed by atoms with E-state index in [0.717, 1.165) is 10.4 Å². The number of aromatic carboxylic acids is 1. The Bertz CT molecular complexity index is 815. The number of thiazole rings is 1. The quantitative estimate of drug-likeness (QED) is 0.798. The number of rotatable bonds is 4. The van der Waals surface area contributed by atoms with E-state index in [1.165, 1.54) is 17.5 Å². The molecule has 0 fully saturated rings. The lowest BCUT2D eigenvalue weighted by Gasteiger charge is -2.04. The van der Waals surface area contributed by atoms with Gasteiger partial charge < -0.3 is 5.11 Å². The predicted octanol–water partition coefficient (Wildman–Crippen LogP) is 3.47. The highest BCUT2D eigenvalue weighted by atomic mass is 32.1. The monoisotopic (exact) mass is 309 g/mol. The molecule has 0 saturated heterocycles. The molecule has 0 spiro atoms. The maximum Gasteiger partial charge on any atom is 0.339 e. The van der Waals surface area contributed by atoms with Crippen molar-refractivity contribution in [3.63, 3.8) is 0 Å². The Balaban J connectivity index is 2.03. The van der Waals surface area contributed by atoms with E-state index in [1.54, 1.807) is 23.9 Å². The summed E-state index contributed by atoms with van der Waals surface area (Å²) in [6.45, 7) is 0. The number of aromatic nitrogens is 3. The van der Waals surface area contributed by atoms with Gasteiger partial charge in [0.15, 0.2) is 5.82 Å². The zero-order valence-electron chi connectivity index (χ0n) is 11.4.